The summed E-state index contributed by atoms with van der Waals surface area (Å²) in [5.74, 6) is 1.93. The average molecular weight is 505 g/mol. The summed E-state index contributed by atoms with van der Waals surface area (Å²) in [6.07, 6.45) is 3.79. The maximum atomic E-state index is 12.6. The van der Waals surface area contributed by atoms with Crippen molar-refractivity contribution in [3.63, 3.8) is 0 Å². The van der Waals surface area contributed by atoms with Crippen LogP contribution in [0.2, 0.25) is 0 Å². The Hall–Kier alpha value is -3.63. The fraction of sp³-hybridized carbons (Fsp3) is 0.444. The van der Waals surface area contributed by atoms with Crippen molar-refractivity contribution in [2.24, 2.45) is 0 Å². The van der Waals surface area contributed by atoms with Crippen molar-refractivity contribution in [3.05, 3.63) is 59.9 Å². The van der Waals surface area contributed by atoms with Crippen LogP contribution < -0.4 is 4.74 Å². The van der Waals surface area contributed by atoms with Gasteiger partial charge in [0, 0.05) is 37.5 Å². The van der Waals surface area contributed by atoms with Crippen LogP contribution in [0, 0.1) is 0 Å². The van der Waals surface area contributed by atoms with E-state index in [9.17, 15) is 4.79 Å². The smallest absolute Gasteiger partial charge is 0.233 e. The van der Waals surface area contributed by atoms with Gasteiger partial charge in [0.15, 0.2) is 5.65 Å². The third-order valence-electron chi connectivity index (χ3n) is 6.34. The second-order valence-electron chi connectivity index (χ2n) is 10.3. The van der Waals surface area contributed by atoms with Gasteiger partial charge in [-0.2, -0.15) is 5.10 Å². The van der Waals surface area contributed by atoms with Crippen LogP contribution in [-0.2, 0) is 34.3 Å². The summed E-state index contributed by atoms with van der Waals surface area (Å²) in [5.41, 5.74) is 2.16. The first-order valence-corrected chi connectivity index (χ1v) is 12.6. The third kappa shape index (κ3) is 6.20. The molecule has 37 heavy (non-hydrogen) atoms. The highest BCUT2D eigenvalue weighted by Crippen LogP contribution is 2.27. The Kier molecular flexibility index (Phi) is 7.29. The highest BCUT2D eigenvalue weighted by atomic mass is 16.5. The molecule has 0 saturated carbocycles. The number of aromatic nitrogens is 5. The van der Waals surface area contributed by atoms with Gasteiger partial charge in [0.1, 0.15) is 29.0 Å². The van der Waals surface area contributed by atoms with E-state index in [1.807, 2.05) is 55.8 Å². The van der Waals surface area contributed by atoms with Gasteiger partial charge >= 0.3 is 0 Å². The van der Waals surface area contributed by atoms with Crippen molar-refractivity contribution < 1.29 is 18.8 Å². The molecule has 1 aliphatic heterocycles. The van der Waals surface area contributed by atoms with Crippen LogP contribution in [-0.4, -0.2) is 68.4 Å². The number of hydrogen-bond donors (Lipinski definition) is 0. The zero-order chi connectivity index (χ0) is 25.8. The summed E-state index contributed by atoms with van der Waals surface area (Å²) < 4.78 is 18.7. The average Bonchev–Trinajstić information content (AvgIpc) is 3.52. The van der Waals surface area contributed by atoms with Gasteiger partial charge in [-0.25, -0.2) is 14.6 Å². The van der Waals surface area contributed by atoms with Crippen LogP contribution in [0.5, 0.6) is 11.6 Å². The number of Topliss-reactive ketones (excluding diaryl/α,β-unsaturated/α-hetero) is 1. The second kappa shape index (κ2) is 10.8. The molecule has 0 spiro atoms. The van der Waals surface area contributed by atoms with E-state index in [0.29, 0.717) is 23.7 Å². The predicted molar refractivity (Wildman–Crippen MR) is 137 cm³/mol. The van der Waals surface area contributed by atoms with Crippen molar-refractivity contribution in [2.45, 2.75) is 45.6 Å². The maximum Gasteiger partial charge on any atom is 0.233 e. The normalized spacial score (nSPS) is 14.8. The first-order valence-electron chi connectivity index (χ1n) is 12.6. The first kappa shape index (κ1) is 25.0. The van der Waals surface area contributed by atoms with E-state index >= 15 is 0 Å². The molecule has 0 atom stereocenters. The van der Waals surface area contributed by atoms with Gasteiger partial charge in [-0.1, -0.05) is 38.1 Å². The minimum absolute atomic E-state index is 0.0735. The number of ether oxygens (including phenoxy) is 2. The lowest BCUT2D eigenvalue weighted by molar-refractivity contribution is -0.117. The largest absolute Gasteiger partial charge is 0.438 e. The Morgan fingerprint density at radius 2 is 1.84 bits per heavy atom. The van der Waals surface area contributed by atoms with Gasteiger partial charge in [-0.15, -0.1) is 0 Å². The van der Waals surface area contributed by atoms with Crippen molar-refractivity contribution in [2.75, 3.05) is 32.8 Å². The van der Waals surface area contributed by atoms with Crippen molar-refractivity contribution >= 4 is 16.8 Å². The first-order chi connectivity index (χ1) is 17.8. The molecule has 4 heterocycles. The Bertz CT molecular complexity index is 1350. The quantitative estimate of drug-likeness (QED) is 0.338. The van der Waals surface area contributed by atoms with Crippen LogP contribution in [0.3, 0.4) is 0 Å². The minimum Gasteiger partial charge on any atom is -0.438 e. The van der Waals surface area contributed by atoms with E-state index < -0.39 is 0 Å². The van der Waals surface area contributed by atoms with Crippen LogP contribution in [0.4, 0.5) is 0 Å². The highest BCUT2D eigenvalue weighted by Gasteiger charge is 2.20. The zero-order valence-corrected chi connectivity index (χ0v) is 21.5. The molecule has 0 radical (unpaired) electrons. The molecule has 10 heteroatoms. The van der Waals surface area contributed by atoms with E-state index in [0.717, 1.165) is 61.7 Å². The van der Waals surface area contributed by atoms with Gasteiger partial charge < -0.3 is 14.0 Å². The number of ketones is 1. The molecule has 5 rings (SSSR count). The molecule has 1 aliphatic rings. The lowest BCUT2D eigenvalue weighted by Gasteiger charge is -2.26. The van der Waals surface area contributed by atoms with Crippen molar-refractivity contribution in [3.8, 4) is 11.6 Å². The number of benzene rings is 1. The Morgan fingerprint density at radius 3 is 2.57 bits per heavy atom. The molecule has 1 fully saturated rings. The Morgan fingerprint density at radius 1 is 1.05 bits per heavy atom. The monoisotopic (exact) mass is 504 g/mol. The van der Waals surface area contributed by atoms with E-state index in [1.165, 1.54) is 6.33 Å². The molecule has 194 valence electrons. The van der Waals surface area contributed by atoms with E-state index in [1.54, 1.807) is 6.20 Å². The molecule has 0 unspecified atom stereocenters. The third-order valence-corrected chi connectivity index (χ3v) is 6.34. The minimum atomic E-state index is -0.138. The molecule has 0 aliphatic carbocycles. The zero-order valence-electron chi connectivity index (χ0n) is 21.5. The van der Waals surface area contributed by atoms with E-state index in [2.05, 4.69) is 25.1 Å². The molecular weight excluding hydrogens is 472 g/mol. The van der Waals surface area contributed by atoms with E-state index in [-0.39, 0.29) is 17.6 Å². The number of rotatable bonds is 9. The summed E-state index contributed by atoms with van der Waals surface area (Å²) in [6, 6.07) is 9.32. The molecule has 10 nitrogen and oxygen atoms in total. The maximum absolute atomic E-state index is 12.6. The summed E-state index contributed by atoms with van der Waals surface area (Å²) in [5, 5.41) is 9.31. The molecule has 1 saturated heterocycles. The SMILES string of the molecule is CC(C)(C)c1cc(CC(=O)Cc2ccc(Oc3ncnc4c3cnn4CCN3CCOCC3)cc2)no1. The van der Waals surface area contributed by atoms with Gasteiger partial charge in [0.25, 0.3) is 0 Å². The van der Waals surface area contributed by atoms with Gasteiger partial charge in [0.2, 0.25) is 5.88 Å². The fourth-order valence-corrected chi connectivity index (χ4v) is 4.21. The van der Waals surface area contributed by atoms with Crippen LogP contribution in [0.1, 0.15) is 37.8 Å². The molecular formula is C27H32N6O4. The topological polar surface area (TPSA) is 108 Å². The number of carbonyl (C=O) groups excluding carboxylic acids is 1. The number of fused-ring (bicyclic) bond motifs is 1. The predicted octanol–water partition coefficient (Wildman–Crippen LogP) is 3.59. The highest BCUT2D eigenvalue weighted by molar-refractivity contribution is 5.83. The summed E-state index contributed by atoms with van der Waals surface area (Å²) in [4.78, 5) is 23.7. The lowest BCUT2D eigenvalue weighted by atomic mass is 9.93. The Labute approximate surface area is 215 Å². The Balaban J connectivity index is 1.19. The molecule has 0 amide bonds. The van der Waals surface area contributed by atoms with Gasteiger partial charge in [-0.3, -0.25) is 9.69 Å². The molecule has 3 aromatic heterocycles. The number of carbonyl (C=O) groups is 1. The molecule has 1 aromatic carbocycles. The summed E-state index contributed by atoms with van der Waals surface area (Å²) in [6.45, 7) is 11.2. The number of hydrogen-bond acceptors (Lipinski definition) is 9. The van der Waals surface area contributed by atoms with Crippen molar-refractivity contribution in [1.29, 1.82) is 0 Å². The standard InChI is InChI=1S/C27H32N6O4/c1-27(2,3)24-16-20(31-37-24)15-21(34)14-19-4-6-22(7-5-19)36-26-23-17-30-33(25(23)28-18-29-26)9-8-32-10-12-35-13-11-32/h4-7,16-18H,8-15H2,1-3H3. The lowest BCUT2D eigenvalue weighted by Crippen LogP contribution is -2.38. The molecule has 4 aromatic rings. The number of nitrogens with zero attached hydrogens (tertiary/aromatic N) is 6. The van der Waals surface area contributed by atoms with Crippen LogP contribution in [0.15, 0.2) is 47.4 Å². The number of morpholine rings is 1. The van der Waals surface area contributed by atoms with Crippen molar-refractivity contribution in [1.82, 2.24) is 29.8 Å². The van der Waals surface area contributed by atoms with Gasteiger partial charge in [-0.05, 0) is 17.7 Å². The molecule has 0 bridgehead atoms. The van der Waals surface area contributed by atoms with Crippen LogP contribution >= 0.6 is 0 Å². The molecule has 0 N–H and O–H groups in total. The van der Waals surface area contributed by atoms with Crippen LogP contribution in [0.25, 0.3) is 11.0 Å². The summed E-state index contributed by atoms with van der Waals surface area (Å²) >= 11 is 0. The van der Waals surface area contributed by atoms with Gasteiger partial charge in [0.05, 0.1) is 38.1 Å². The summed E-state index contributed by atoms with van der Waals surface area (Å²) in [7, 11) is 0. The fourth-order valence-electron chi connectivity index (χ4n) is 4.21. The second-order valence-corrected chi connectivity index (χ2v) is 10.3. The van der Waals surface area contributed by atoms with E-state index in [4.69, 9.17) is 14.0 Å².